The molecule has 0 bridgehead atoms. The molecule has 1 amide bonds. The zero-order valence-electron chi connectivity index (χ0n) is 19.3. The Morgan fingerprint density at radius 2 is 1.77 bits per heavy atom. The molecule has 3 aromatic carbocycles. The van der Waals surface area contributed by atoms with Gasteiger partial charge in [-0.05, 0) is 61.0 Å². The predicted octanol–water partition coefficient (Wildman–Crippen LogP) is 5.03. The van der Waals surface area contributed by atoms with E-state index in [1.54, 1.807) is 56.6 Å². The third-order valence-corrected chi connectivity index (χ3v) is 6.69. The van der Waals surface area contributed by atoms with E-state index >= 15 is 0 Å². The molecule has 180 valence electrons. The van der Waals surface area contributed by atoms with Crippen molar-refractivity contribution in [1.82, 2.24) is 4.98 Å². The van der Waals surface area contributed by atoms with Crippen LogP contribution in [0.15, 0.2) is 88.3 Å². The van der Waals surface area contributed by atoms with Crippen molar-refractivity contribution in [2.75, 3.05) is 17.1 Å². The molecule has 0 atom stereocenters. The van der Waals surface area contributed by atoms with Crippen molar-refractivity contribution < 1.29 is 22.4 Å². The summed E-state index contributed by atoms with van der Waals surface area (Å²) in [6.07, 6.45) is 2.10. The molecule has 0 aliphatic carbocycles. The van der Waals surface area contributed by atoms with Gasteiger partial charge in [-0.2, -0.15) is 0 Å². The number of aromatic nitrogens is 1. The number of hydrogen-bond acceptors (Lipinski definition) is 6. The van der Waals surface area contributed by atoms with Gasteiger partial charge in [0.1, 0.15) is 5.75 Å². The first-order valence-electron chi connectivity index (χ1n) is 10.9. The van der Waals surface area contributed by atoms with Gasteiger partial charge in [-0.15, -0.1) is 0 Å². The Balaban J connectivity index is 1.37. The lowest BCUT2D eigenvalue weighted by molar-refractivity contribution is -0.116. The summed E-state index contributed by atoms with van der Waals surface area (Å²) in [5.41, 5.74) is 2.47. The molecule has 4 rings (SSSR count). The number of benzene rings is 3. The second kappa shape index (κ2) is 10.4. The van der Waals surface area contributed by atoms with Crippen LogP contribution >= 0.6 is 0 Å². The van der Waals surface area contributed by atoms with Gasteiger partial charge in [0.15, 0.2) is 11.7 Å². The predicted molar refractivity (Wildman–Crippen MR) is 134 cm³/mol. The number of oxazole rings is 1. The molecular weight excluding hydrogens is 466 g/mol. The average Bonchev–Trinajstić information content (AvgIpc) is 3.34. The number of anilines is 2. The first kappa shape index (κ1) is 24.0. The van der Waals surface area contributed by atoms with Crippen LogP contribution in [0.5, 0.6) is 5.75 Å². The summed E-state index contributed by atoms with van der Waals surface area (Å²) < 4.78 is 38.8. The first-order valence-corrected chi connectivity index (χ1v) is 12.4. The van der Waals surface area contributed by atoms with Gasteiger partial charge in [-0.1, -0.05) is 24.3 Å². The third kappa shape index (κ3) is 6.07. The standard InChI is InChI=1S/C26H25N3O5S/c1-18-8-11-20(16-23(18)29-35(31,32)22-6-4-3-5-7-22)28-25(30)14-15-26-27-17-24(34-26)19-9-12-21(33-2)13-10-19/h3-13,16-17,29H,14-15H2,1-2H3,(H,28,30). The number of methoxy groups -OCH3 is 1. The molecule has 0 spiro atoms. The van der Waals surface area contributed by atoms with Crippen LogP contribution < -0.4 is 14.8 Å². The molecule has 0 radical (unpaired) electrons. The maximum absolute atomic E-state index is 12.7. The van der Waals surface area contributed by atoms with Gasteiger partial charge in [0, 0.05) is 24.1 Å². The Labute approximate surface area is 204 Å². The van der Waals surface area contributed by atoms with E-state index in [9.17, 15) is 13.2 Å². The molecular formula is C26H25N3O5S. The topological polar surface area (TPSA) is 111 Å². The molecule has 35 heavy (non-hydrogen) atoms. The molecule has 0 aliphatic heterocycles. The van der Waals surface area contributed by atoms with E-state index in [1.165, 1.54) is 12.1 Å². The van der Waals surface area contributed by atoms with Crippen molar-refractivity contribution in [3.63, 3.8) is 0 Å². The Morgan fingerprint density at radius 3 is 2.49 bits per heavy atom. The van der Waals surface area contributed by atoms with E-state index in [-0.39, 0.29) is 17.2 Å². The summed E-state index contributed by atoms with van der Waals surface area (Å²) in [5.74, 6) is 1.57. The van der Waals surface area contributed by atoms with Crippen molar-refractivity contribution in [3.05, 3.63) is 90.4 Å². The highest BCUT2D eigenvalue weighted by Gasteiger charge is 2.16. The Bertz CT molecular complexity index is 1420. The summed E-state index contributed by atoms with van der Waals surface area (Å²) in [7, 11) is -2.14. The monoisotopic (exact) mass is 491 g/mol. The normalized spacial score (nSPS) is 11.1. The van der Waals surface area contributed by atoms with Gasteiger partial charge in [0.25, 0.3) is 10.0 Å². The van der Waals surface area contributed by atoms with Crippen LogP contribution in [0.1, 0.15) is 17.9 Å². The van der Waals surface area contributed by atoms with Crippen LogP contribution in [-0.4, -0.2) is 26.4 Å². The Kier molecular flexibility index (Phi) is 7.17. The van der Waals surface area contributed by atoms with E-state index < -0.39 is 10.0 Å². The van der Waals surface area contributed by atoms with Gasteiger partial charge in [-0.25, -0.2) is 13.4 Å². The van der Waals surface area contributed by atoms with Gasteiger partial charge < -0.3 is 14.5 Å². The van der Waals surface area contributed by atoms with Crippen molar-refractivity contribution in [2.45, 2.75) is 24.7 Å². The number of amides is 1. The maximum atomic E-state index is 12.7. The van der Waals surface area contributed by atoms with Gasteiger partial charge in [0.2, 0.25) is 5.91 Å². The lowest BCUT2D eigenvalue weighted by atomic mass is 10.2. The van der Waals surface area contributed by atoms with Gasteiger partial charge >= 0.3 is 0 Å². The minimum atomic E-state index is -3.74. The minimum Gasteiger partial charge on any atom is -0.497 e. The zero-order valence-corrected chi connectivity index (χ0v) is 20.1. The van der Waals surface area contributed by atoms with Crippen LogP contribution in [0.2, 0.25) is 0 Å². The van der Waals surface area contributed by atoms with E-state index in [0.717, 1.165) is 16.9 Å². The summed E-state index contributed by atoms with van der Waals surface area (Å²) in [5, 5.41) is 2.80. The SMILES string of the molecule is COc1ccc(-c2cnc(CCC(=O)Nc3ccc(C)c(NS(=O)(=O)c4ccccc4)c3)o2)cc1. The molecule has 1 aromatic heterocycles. The molecule has 0 unspecified atom stereocenters. The van der Waals surface area contributed by atoms with Crippen molar-refractivity contribution in [1.29, 1.82) is 0 Å². The van der Waals surface area contributed by atoms with Gasteiger partial charge in [-0.3, -0.25) is 9.52 Å². The van der Waals surface area contributed by atoms with Crippen LogP contribution in [0.25, 0.3) is 11.3 Å². The molecule has 9 heteroatoms. The summed E-state index contributed by atoms with van der Waals surface area (Å²) >= 11 is 0. The first-order chi connectivity index (χ1) is 16.8. The molecule has 0 saturated carbocycles. The highest BCUT2D eigenvalue weighted by Crippen LogP contribution is 2.25. The van der Waals surface area contributed by atoms with Crippen molar-refractivity contribution in [3.8, 4) is 17.1 Å². The number of carbonyl (C=O) groups excluding carboxylic acids is 1. The van der Waals surface area contributed by atoms with Gasteiger partial charge in [0.05, 0.1) is 23.9 Å². The number of rotatable bonds is 9. The highest BCUT2D eigenvalue weighted by molar-refractivity contribution is 7.92. The summed E-state index contributed by atoms with van der Waals surface area (Å²) in [4.78, 5) is 16.9. The van der Waals surface area contributed by atoms with Crippen LogP contribution in [0.3, 0.4) is 0 Å². The Hall–Kier alpha value is -4.11. The van der Waals surface area contributed by atoms with Crippen LogP contribution in [0.4, 0.5) is 11.4 Å². The Morgan fingerprint density at radius 1 is 1.03 bits per heavy atom. The highest BCUT2D eigenvalue weighted by atomic mass is 32.2. The van der Waals surface area contributed by atoms with Crippen molar-refractivity contribution >= 4 is 27.3 Å². The number of hydrogen-bond donors (Lipinski definition) is 2. The van der Waals surface area contributed by atoms with E-state index in [4.69, 9.17) is 9.15 Å². The van der Waals surface area contributed by atoms with E-state index in [0.29, 0.717) is 29.4 Å². The quantitative estimate of drug-likeness (QED) is 0.340. The second-order valence-electron chi connectivity index (χ2n) is 7.84. The summed E-state index contributed by atoms with van der Waals surface area (Å²) in [6.45, 7) is 1.79. The lowest BCUT2D eigenvalue weighted by Gasteiger charge is -2.13. The fourth-order valence-electron chi connectivity index (χ4n) is 3.37. The zero-order chi connectivity index (χ0) is 24.8. The molecule has 1 heterocycles. The fraction of sp³-hybridized carbons (Fsp3) is 0.154. The molecule has 8 nitrogen and oxygen atoms in total. The number of carbonyl (C=O) groups is 1. The molecule has 2 N–H and O–H groups in total. The molecule has 4 aromatic rings. The number of aryl methyl sites for hydroxylation is 2. The third-order valence-electron chi connectivity index (χ3n) is 5.31. The van der Waals surface area contributed by atoms with Crippen molar-refractivity contribution in [2.24, 2.45) is 0 Å². The lowest BCUT2D eigenvalue weighted by Crippen LogP contribution is -2.15. The minimum absolute atomic E-state index is 0.154. The molecule has 0 fully saturated rings. The number of nitrogens with zero attached hydrogens (tertiary/aromatic N) is 1. The fourth-order valence-corrected chi connectivity index (χ4v) is 4.51. The summed E-state index contributed by atoms with van der Waals surface area (Å²) in [6, 6.07) is 20.6. The number of nitrogens with one attached hydrogen (secondary N) is 2. The smallest absolute Gasteiger partial charge is 0.261 e. The maximum Gasteiger partial charge on any atom is 0.261 e. The van der Waals surface area contributed by atoms with Crippen LogP contribution in [-0.2, 0) is 21.2 Å². The van der Waals surface area contributed by atoms with E-state index in [2.05, 4.69) is 15.0 Å². The van der Waals surface area contributed by atoms with E-state index in [1.807, 2.05) is 24.3 Å². The average molecular weight is 492 g/mol. The molecule has 0 aliphatic rings. The number of sulfonamides is 1. The second-order valence-corrected chi connectivity index (χ2v) is 9.53. The largest absolute Gasteiger partial charge is 0.497 e. The van der Waals surface area contributed by atoms with Crippen LogP contribution in [0, 0.1) is 6.92 Å². The number of ether oxygens (including phenoxy) is 1. The molecule has 0 saturated heterocycles.